The van der Waals surface area contributed by atoms with Crippen LogP contribution < -0.4 is 5.73 Å². The lowest BCUT2D eigenvalue weighted by Crippen LogP contribution is -2.07. The van der Waals surface area contributed by atoms with Gasteiger partial charge in [0.25, 0.3) is 0 Å². The van der Waals surface area contributed by atoms with E-state index in [1.807, 2.05) is 0 Å². The molecule has 0 saturated carbocycles. The summed E-state index contributed by atoms with van der Waals surface area (Å²) in [6.07, 6.45) is 0. The Hall–Kier alpha value is -2.08. The first-order valence-electron chi connectivity index (χ1n) is 5.11. The summed E-state index contributed by atoms with van der Waals surface area (Å²) in [7, 11) is 1.61. The van der Waals surface area contributed by atoms with E-state index in [0.717, 1.165) is 5.52 Å². The summed E-state index contributed by atoms with van der Waals surface area (Å²) in [5, 5.41) is 8.88. The molecule has 17 heavy (non-hydrogen) atoms. The lowest BCUT2D eigenvalue weighted by Gasteiger charge is -2.05. The van der Waals surface area contributed by atoms with Crippen molar-refractivity contribution >= 4 is 23.0 Å². The summed E-state index contributed by atoms with van der Waals surface area (Å²) in [5.74, 6) is -0.614. The van der Waals surface area contributed by atoms with Gasteiger partial charge in [0.2, 0.25) is 5.95 Å². The predicted octanol–water partition coefficient (Wildman–Crippen LogP) is 0.963. The van der Waals surface area contributed by atoms with Gasteiger partial charge in [0.05, 0.1) is 23.2 Å². The van der Waals surface area contributed by atoms with Crippen molar-refractivity contribution in [3.63, 3.8) is 0 Å². The minimum absolute atomic E-state index is 0.203. The van der Waals surface area contributed by atoms with Gasteiger partial charge in [-0.15, -0.1) is 0 Å². The maximum atomic E-state index is 10.8. The largest absolute Gasteiger partial charge is 0.478 e. The number of ether oxygens (including phenoxy) is 1. The monoisotopic (exact) mass is 235 g/mol. The summed E-state index contributed by atoms with van der Waals surface area (Å²) in [6.45, 7) is 1.11. The van der Waals surface area contributed by atoms with E-state index in [-0.39, 0.29) is 5.56 Å². The van der Waals surface area contributed by atoms with E-state index in [1.54, 1.807) is 17.7 Å². The van der Waals surface area contributed by atoms with Crippen LogP contribution in [0.15, 0.2) is 18.2 Å². The van der Waals surface area contributed by atoms with Crippen molar-refractivity contribution in [2.75, 3.05) is 19.5 Å². The Morgan fingerprint density at radius 2 is 2.35 bits per heavy atom. The Bertz CT molecular complexity index is 562. The van der Waals surface area contributed by atoms with Gasteiger partial charge in [-0.3, -0.25) is 0 Å². The van der Waals surface area contributed by atoms with Gasteiger partial charge >= 0.3 is 5.97 Å². The number of fused-ring (bicyclic) bond motifs is 1. The van der Waals surface area contributed by atoms with Crippen molar-refractivity contribution < 1.29 is 14.6 Å². The summed E-state index contributed by atoms with van der Waals surface area (Å²) >= 11 is 0. The molecule has 3 N–H and O–H groups in total. The third kappa shape index (κ3) is 2.07. The smallest absolute Gasteiger partial charge is 0.335 e. The first kappa shape index (κ1) is 11.4. The third-order valence-corrected chi connectivity index (χ3v) is 2.54. The number of anilines is 1. The highest BCUT2D eigenvalue weighted by molar-refractivity contribution is 5.92. The maximum Gasteiger partial charge on any atom is 0.335 e. The molecule has 1 aromatic heterocycles. The molecule has 0 unspecified atom stereocenters. The molecule has 2 aromatic rings. The number of hydrogen-bond donors (Lipinski definition) is 2. The molecule has 0 aliphatic rings. The van der Waals surface area contributed by atoms with E-state index in [2.05, 4.69) is 4.98 Å². The lowest BCUT2D eigenvalue weighted by molar-refractivity contribution is 0.0697. The van der Waals surface area contributed by atoms with Crippen LogP contribution >= 0.6 is 0 Å². The van der Waals surface area contributed by atoms with Crippen molar-refractivity contribution in [2.45, 2.75) is 6.54 Å². The average molecular weight is 235 g/mol. The minimum Gasteiger partial charge on any atom is -0.478 e. The Kier molecular flexibility index (Phi) is 2.97. The van der Waals surface area contributed by atoms with E-state index in [1.165, 1.54) is 12.1 Å². The van der Waals surface area contributed by atoms with Gasteiger partial charge in [0, 0.05) is 13.7 Å². The molecule has 0 spiro atoms. The molecule has 1 heterocycles. The lowest BCUT2D eigenvalue weighted by atomic mass is 10.2. The van der Waals surface area contributed by atoms with Gasteiger partial charge < -0.3 is 20.1 Å². The highest BCUT2D eigenvalue weighted by Crippen LogP contribution is 2.19. The van der Waals surface area contributed by atoms with Crippen LogP contribution in [-0.2, 0) is 11.3 Å². The average Bonchev–Trinajstić information content (AvgIpc) is 2.61. The number of aromatic carboxylic acids is 1. The maximum absolute atomic E-state index is 10.8. The van der Waals surface area contributed by atoms with Gasteiger partial charge in [-0.05, 0) is 18.2 Å². The SMILES string of the molecule is COCCn1c(N)nc2cc(C(=O)O)ccc21. The number of benzene rings is 1. The number of methoxy groups -OCH3 is 1. The van der Waals surface area contributed by atoms with Crippen LogP contribution in [0.1, 0.15) is 10.4 Å². The fourth-order valence-corrected chi connectivity index (χ4v) is 1.70. The molecule has 6 heteroatoms. The van der Waals surface area contributed by atoms with E-state index in [4.69, 9.17) is 15.6 Å². The van der Waals surface area contributed by atoms with Crippen LogP contribution in [-0.4, -0.2) is 34.3 Å². The molecule has 0 aliphatic carbocycles. The topological polar surface area (TPSA) is 90.4 Å². The molecule has 0 aliphatic heterocycles. The standard InChI is InChI=1S/C11H13N3O3/c1-17-5-4-14-9-3-2-7(10(15)16)6-8(9)13-11(14)12/h2-3,6H,4-5H2,1H3,(H2,12,13)(H,15,16). The van der Waals surface area contributed by atoms with E-state index < -0.39 is 5.97 Å². The van der Waals surface area contributed by atoms with Crippen LogP contribution in [0.2, 0.25) is 0 Å². The molecular formula is C11H13N3O3. The van der Waals surface area contributed by atoms with Crippen molar-refractivity contribution in [3.8, 4) is 0 Å². The van der Waals surface area contributed by atoms with Crippen molar-refractivity contribution in [1.29, 1.82) is 0 Å². The number of carbonyl (C=O) groups is 1. The fourth-order valence-electron chi connectivity index (χ4n) is 1.70. The first-order chi connectivity index (χ1) is 8.13. The van der Waals surface area contributed by atoms with Crippen molar-refractivity contribution in [2.24, 2.45) is 0 Å². The minimum atomic E-state index is -0.975. The summed E-state index contributed by atoms with van der Waals surface area (Å²) in [5.41, 5.74) is 7.36. The number of nitrogens with zero attached hydrogens (tertiary/aromatic N) is 2. The summed E-state index contributed by atoms with van der Waals surface area (Å²) in [6, 6.07) is 4.75. The Morgan fingerprint density at radius 3 is 3.00 bits per heavy atom. The van der Waals surface area contributed by atoms with Crippen molar-refractivity contribution in [3.05, 3.63) is 23.8 Å². The molecule has 0 fully saturated rings. The third-order valence-electron chi connectivity index (χ3n) is 2.54. The second kappa shape index (κ2) is 4.42. The first-order valence-corrected chi connectivity index (χ1v) is 5.11. The number of rotatable bonds is 4. The quantitative estimate of drug-likeness (QED) is 0.823. The van der Waals surface area contributed by atoms with Gasteiger partial charge in [0.1, 0.15) is 0 Å². The molecule has 0 saturated heterocycles. The fraction of sp³-hybridized carbons (Fsp3) is 0.273. The molecule has 90 valence electrons. The molecule has 0 bridgehead atoms. The van der Waals surface area contributed by atoms with Crippen LogP contribution in [0.25, 0.3) is 11.0 Å². The number of carboxylic acid groups (broad SMARTS) is 1. The van der Waals surface area contributed by atoms with Gasteiger partial charge in [-0.25, -0.2) is 9.78 Å². The second-order valence-electron chi connectivity index (χ2n) is 3.62. The second-order valence-corrected chi connectivity index (χ2v) is 3.62. The Balaban J connectivity index is 2.48. The molecule has 2 rings (SSSR count). The highest BCUT2D eigenvalue weighted by Gasteiger charge is 2.10. The zero-order chi connectivity index (χ0) is 12.4. The zero-order valence-electron chi connectivity index (χ0n) is 9.38. The van der Waals surface area contributed by atoms with E-state index >= 15 is 0 Å². The summed E-state index contributed by atoms with van der Waals surface area (Å²) in [4.78, 5) is 15.0. The number of carboxylic acids is 1. The van der Waals surface area contributed by atoms with Crippen LogP contribution in [0.4, 0.5) is 5.95 Å². The Morgan fingerprint density at radius 1 is 1.59 bits per heavy atom. The van der Waals surface area contributed by atoms with E-state index in [0.29, 0.717) is 24.6 Å². The molecule has 6 nitrogen and oxygen atoms in total. The number of aromatic nitrogens is 2. The van der Waals surface area contributed by atoms with Crippen LogP contribution in [0.5, 0.6) is 0 Å². The number of hydrogen-bond acceptors (Lipinski definition) is 4. The molecular weight excluding hydrogens is 222 g/mol. The zero-order valence-corrected chi connectivity index (χ0v) is 9.38. The molecule has 0 atom stereocenters. The van der Waals surface area contributed by atoms with Crippen LogP contribution in [0, 0.1) is 0 Å². The molecule has 0 amide bonds. The Labute approximate surface area is 97.6 Å². The highest BCUT2D eigenvalue weighted by atomic mass is 16.5. The van der Waals surface area contributed by atoms with Crippen molar-refractivity contribution in [1.82, 2.24) is 9.55 Å². The molecule has 0 radical (unpaired) electrons. The van der Waals surface area contributed by atoms with Crippen LogP contribution in [0.3, 0.4) is 0 Å². The van der Waals surface area contributed by atoms with E-state index in [9.17, 15) is 4.79 Å². The van der Waals surface area contributed by atoms with Gasteiger partial charge in [-0.1, -0.05) is 0 Å². The normalized spacial score (nSPS) is 10.9. The van der Waals surface area contributed by atoms with Gasteiger partial charge in [-0.2, -0.15) is 0 Å². The number of nitrogen functional groups attached to an aromatic ring is 1. The summed E-state index contributed by atoms with van der Waals surface area (Å²) < 4.78 is 6.78. The van der Waals surface area contributed by atoms with Gasteiger partial charge in [0.15, 0.2) is 0 Å². The predicted molar refractivity (Wildman–Crippen MR) is 63.0 cm³/mol. The molecule has 1 aromatic carbocycles. The number of imidazole rings is 1. The number of nitrogens with two attached hydrogens (primary N) is 1.